The van der Waals surface area contributed by atoms with Crippen LogP contribution >= 0.6 is 0 Å². The third kappa shape index (κ3) is 6.78. The summed E-state index contributed by atoms with van der Waals surface area (Å²) < 4.78 is 9.35. The molecule has 0 bridgehead atoms. The minimum absolute atomic E-state index is 0.107. The van der Waals surface area contributed by atoms with Gasteiger partial charge in [0, 0.05) is 12.8 Å². The number of ether oxygens (including phenoxy) is 2. The van der Waals surface area contributed by atoms with Crippen LogP contribution in [0.5, 0.6) is 0 Å². The van der Waals surface area contributed by atoms with E-state index in [0.29, 0.717) is 12.8 Å². The Hall–Kier alpha value is -1.30. The van der Waals surface area contributed by atoms with Gasteiger partial charge in [0.1, 0.15) is 18.3 Å². The van der Waals surface area contributed by atoms with Gasteiger partial charge in [-0.1, -0.05) is 25.7 Å². The number of carbonyl (C=O) groups is 2. The SMILES string of the molecule is O=C1CCCCCCCCC(=O)OC(O)([C@H](O)[C@H](O)[C@H](O)[C@@H](O)CO)O1. The molecule has 0 unspecified atom stereocenters. The topological polar surface area (TPSA) is 174 Å². The first-order valence-electron chi connectivity index (χ1n) is 8.70. The zero-order chi connectivity index (χ0) is 19.7. The lowest BCUT2D eigenvalue weighted by molar-refractivity contribution is -0.375. The van der Waals surface area contributed by atoms with E-state index in [0.717, 1.165) is 25.7 Å². The molecule has 0 saturated carbocycles. The number of carbonyl (C=O) groups excluding carboxylic acids is 2. The number of hydrogen-bond donors (Lipinski definition) is 6. The lowest BCUT2D eigenvalue weighted by atomic mass is 10.0. The van der Waals surface area contributed by atoms with Gasteiger partial charge < -0.3 is 40.1 Å². The van der Waals surface area contributed by atoms with E-state index in [1.807, 2.05) is 0 Å². The van der Waals surface area contributed by atoms with Crippen molar-refractivity contribution in [3.63, 3.8) is 0 Å². The lowest BCUT2D eigenvalue weighted by Crippen LogP contribution is -2.59. The van der Waals surface area contributed by atoms with E-state index < -0.39 is 48.9 Å². The molecule has 1 saturated heterocycles. The normalized spacial score (nSPS) is 24.7. The van der Waals surface area contributed by atoms with Crippen LogP contribution in [-0.2, 0) is 19.1 Å². The van der Waals surface area contributed by atoms with E-state index in [1.165, 1.54) is 0 Å². The average molecular weight is 380 g/mol. The van der Waals surface area contributed by atoms with Gasteiger partial charge in [-0.2, -0.15) is 0 Å². The Bertz CT molecular complexity index is 430. The van der Waals surface area contributed by atoms with E-state index in [1.54, 1.807) is 0 Å². The number of hydrogen-bond acceptors (Lipinski definition) is 10. The first-order valence-corrected chi connectivity index (χ1v) is 8.70. The molecule has 1 rings (SSSR count). The Balaban J connectivity index is 2.95. The number of esters is 2. The number of aliphatic hydroxyl groups is 6. The minimum Gasteiger partial charge on any atom is -0.396 e. The highest BCUT2D eigenvalue weighted by Crippen LogP contribution is 2.24. The molecule has 0 amide bonds. The number of cyclic esters (lactones) is 2. The van der Waals surface area contributed by atoms with E-state index in [9.17, 15) is 35.1 Å². The quantitative estimate of drug-likeness (QED) is 0.301. The molecular weight excluding hydrogens is 352 g/mol. The first kappa shape index (κ1) is 22.7. The molecule has 0 spiro atoms. The Kier molecular flexibility index (Phi) is 9.41. The second-order valence-electron chi connectivity index (χ2n) is 6.38. The molecule has 4 atom stereocenters. The number of aliphatic hydroxyl groups excluding tert-OH is 5. The molecule has 152 valence electrons. The van der Waals surface area contributed by atoms with Gasteiger partial charge in [-0.15, -0.1) is 0 Å². The zero-order valence-corrected chi connectivity index (χ0v) is 14.5. The highest BCUT2D eigenvalue weighted by atomic mass is 16.8. The molecule has 1 heterocycles. The van der Waals surface area contributed by atoms with Crippen molar-refractivity contribution in [1.82, 2.24) is 0 Å². The summed E-state index contributed by atoms with van der Waals surface area (Å²) in [6, 6.07) is 0. The molecule has 0 aromatic carbocycles. The van der Waals surface area contributed by atoms with Crippen molar-refractivity contribution in [3.05, 3.63) is 0 Å². The Labute approximate surface area is 151 Å². The van der Waals surface area contributed by atoms with Crippen LogP contribution in [0.2, 0.25) is 0 Å². The van der Waals surface area contributed by atoms with E-state index in [-0.39, 0.29) is 12.8 Å². The predicted octanol–water partition coefficient (Wildman–Crippen LogP) is -1.71. The Morgan fingerprint density at radius 2 is 1.23 bits per heavy atom. The number of rotatable bonds is 5. The minimum atomic E-state index is -3.24. The van der Waals surface area contributed by atoms with Crippen LogP contribution in [0, 0.1) is 0 Å². The monoisotopic (exact) mass is 380 g/mol. The highest BCUT2D eigenvalue weighted by molar-refractivity contribution is 5.71. The molecule has 0 aliphatic carbocycles. The molecular formula is C16H28O10. The van der Waals surface area contributed by atoms with Crippen LogP contribution in [0.3, 0.4) is 0 Å². The summed E-state index contributed by atoms with van der Waals surface area (Å²) in [6.45, 7) is -0.942. The highest BCUT2D eigenvalue weighted by Gasteiger charge is 2.51. The summed E-state index contributed by atoms with van der Waals surface area (Å²) in [6.07, 6.45) is -4.74. The molecule has 0 aromatic rings. The van der Waals surface area contributed by atoms with E-state index in [4.69, 9.17) is 5.11 Å². The van der Waals surface area contributed by atoms with Gasteiger partial charge in [-0.05, 0) is 12.8 Å². The van der Waals surface area contributed by atoms with Gasteiger partial charge in [0.25, 0.3) is 0 Å². The summed E-state index contributed by atoms with van der Waals surface area (Å²) in [5.74, 6) is -5.18. The fourth-order valence-electron chi connectivity index (χ4n) is 2.55. The van der Waals surface area contributed by atoms with Crippen molar-refractivity contribution in [2.24, 2.45) is 0 Å². The van der Waals surface area contributed by atoms with Gasteiger partial charge in [0.2, 0.25) is 0 Å². The van der Waals surface area contributed by atoms with Crippen LogP contribution in [0.4, 0.5) is 0 Å². The maximum absolute atomic E-state index is 11.9. The fraction of sp³-hybridized carbons (Fsp3) is 0.875. The maximum Gasteiger partial charge on any atom is 0.403 e. The second kappa shape index (κ2) is 10.8. The molecule has 26 heavy (non-hydrogen) atoms. The van der Waals surface area contributed by atoms with Gasteiger partial charge in [0.15, 0.2) is 6.10 Å². The molecule has 6 N–H and O–H groups in total. The standard InChI is InChI=1S/C16H28O10/c17-9-10(18)13(21)14(22)15(23)16(24)25-11(19)7-5-3-1-2-4-6-8-12(20)26-16/h10,13-15,17-18,21-24H,1-9H2/t10-,13+,14+,15+/m0/s1. The largest absolute Gasteiger partial charge is 0.403 e. The van der Waals surface area contributed by atoms with Crippen LogP contribution < -0.4 is 0 Å². The van der Waals surface area contributed by atoms with Crippen LogP contribution in [-0.4, -0.2) is 79.6 Å². The van der Waals surface area contributed by atoms with Crippen LogP contribution in [0.1, 0.15) is 51.4 Å². The van der Waals surface area contributed by atoms with Gasteiger partial charge >= 0.3 is 17.9 Å². The molecule has 0 radical (unpaired) electrons. The second-order valence-corrected chi connectivity index (χ2v) is 6.38. The zero-order valence-electron chi connectivity index (χ0n) is 14.5. The third-order valence-corrected chi connectivity index (χ3v) is 4.16. The molecule has 10 nitrogen and oxygen atoms in total. The van der Waals surface area contributed by atoms with E-state index >= 15 is 0 Å². The summed E-state index contributed by atoms with van der Waals surface area (Å²) >= 11 is 0. The van der Waals surface area contributed by atoms with Crippen molar-refractivity contribution in [3.8, 4) is 0 Å². The Morgan fingerprint density at radius 3 is 1.65 bits per heavy atom. The van der Waals surface area contributed by atoms with Gasteiger partial charge in [-0.25, -0.2) is 0 Å². The van der Waals surface area contributed by atoms with Crippen molar-refractivity contribution in [1.29, 1.82) is 0 Å². The molecule has 1 aliphatic rings. The smallest absolute Gasteiger partial charge is 0.396 e. The third-order valence-electron chi connectivity index (χ3n) is 4.16. The van der Waals surface area contributed by atoms with Crippen molar-refractivity contribution < 1.29 is 49.7 Å². The van der Waals surface area contributed by atoms with Crippen molar-refractivity contribution in [2.75, 3.05) is 6.61 Å². The maximum atomic E-state index is 11.9. The van der Waals surface area contributed by atoms with Gasteiger partial charge in [-0.3, -0.25) is 9.59 Å². The molecule has 1 aliphatic heterocycles. The summed E-state index contributed by atoms with van der Waals surface area (Å²) in [5.41, 5.74) is 0. The predicted molar refractivity (Wildman–Crippen MR) is 85.2 cm³/mol. The molecule has 0 aromatic heterocycles. The Morgan fingerprint density at radius 1 is 0.808 bits per heavy atom. The molecule has 1 fully saturated rings. The lowest BCUT2D eigenvalue weighted by Gasteiger charge is -2.35. The summed E-state index contributed by atoms with van der Waals surface area (Å²) in [4.78, 5) is 23.8. The molecule has 10 heteroatoms. The van der Waals surface area contributed by atoms with Crippen LogP contribution in [0.25, 0.3) is 0 Å². The van der Waals surface area contributed by atoms with E-state index in [2.05, 4.69) is 9.47 Å². The average Bonchev–Trinajstić information content (AvgIpc) is 2.61. The van der Waals surface area contributed by atoms with Crippen LogP contribution in [0.15, 0.2) is 0 Å². The first-order chi connectivity index (χ1) is 12.2. The van der Waals surface area contributed by atoms with Gasteiger partial charge in [0.05, 0.1) is 6.61 Å². The van der Waals surface area contributed by atoms with Crippen molar-refractivity contribution >= 4 is 11.9 Å². The van der Waals surface area contributed by atoms with Crippen molar-refractivity contribution in [2.45, 2.75) is 81.8 Å². The fourth-order valence-corrected chi connectivity index (χ4v) is 2.55. The summed E-state index contributed by atoms with van der Waals surface area (Å²) in [7, 11) is 0. The summed E-state index contributed by atoms with van der Waals surface area (Å²) in [5, 5.41) is 58.2.